The number of piperidine rings is 1. The van der Waals surface area contributed by atoms with Crippen molar-refractivity contribution in [3.63, 3.8) is 0 Å². The van der Waals surface area contributed by atoms with Crippen LogP contribution in [-0.2, 0) is 19.9 Å². The topological polar surface area (TPSA) is 49.9 Å². The van der Waals surface area contributed by atoms with Gasteiger partial charge in [0.2, 0.25) is 5.91 Å². The van der Waals surface area contributed by atoms with Crippen LogP contribution in [0.1, 0.15) is 35.4 Å². The zero-order valence-corrected chi connectivity index (χ0v) is 21.2. The molecule has 1 aromatic heterocycles. The number of amides is 1. The van der Waals surface area contributed by atoms with Crippen LogP contribution in [0, 0.1) is 0 Å². The minimum Gasteiger partial charge on any atom is -0.380 e. The molecule has 0 radical (unpaired) electrons. The van der Waals surface area contributed by atoms with Crippen molar-refractivity contribution in [2.45, 2.75) is 30.4 Å². The summed E-state index contributed by atoms with van der Waals surface area (Å²) in [5.41, 5.74) is 2.35. The Labute approximate surface area is 213 Å². The van der Waals surface area contributed by atoms with E-state index >= 15 is 0 Å². The van der Waals surface area contributed by atoms with Gasteiger partial charge in [0.15, 0.2) is 5.78 Å². The number of thiol groups is 1. The first kappa shape index (κ1) is 23.4. The maximum Gasteiger partial charge on any atom is 0.248 e. The number of carbonyl (C=O) groups is 2. The number of rotatable bonds is 5. The van der Waals surface area contributed by atoms with Crippen LogP contribution in [0.4, 0.5) is 5.69 Å². The molecule has 34 heavy (non-hydrogen) atoms. The molecule has 0 spiro atoms. The summed E-state index contributed by atoms with van der Waals surface area (Å²) in [6.45, 7) is 1.78. The van der Waals surface area contributed by atoms with E-state index in [-0.39, 0.29) is 24.2 Å². The van der Waals surface area contributed by atoms with Gasteiger partial charge in [0, 0.05) is 37.3 Å². The number of thiophene rings is 1. The van der Waals surface area contributed by atoms with Gasteiger partial charge in [-0.25, -0.2) is 0 Å². The number of methoxy groups -OCH3 is 1. The summed E-state index contributed by atoms with van der Waals surface area (Å²) in [6.07, 6.45) is 1.34. The van der Waals surface area contributed by atoms with E-state index in [0.29, 0.717) is 10.6 Å². The summed E-state index contributed by atoms with van der Waals surface area (Å²) in [6, 6.07) is 17.1. The van der Waals surface area contributed by atoms with Crippen molar-refractivity contribution in [2.24, 2.45) is 0 Å². The number of hydrogen-bond donors (Lipinski definition) is 1. The first-order valence-electron chi connectivity index (χ1n) is 11.2. The first-order chi connectivity index (χ1) is 16.5. The third-order valence-corrected chi connectivity index (χ3v) is 8.54. The van der Waals surface area contributed by atoms with E-state index in [1.54, 1.807) is 31.4 Å². The maximum atomic E-state index is 13.7. The van der Waals surface area contributed by atoms with Gasteiger partial charge >= 0.3 is 0 Å². The lowest BCUT2D eigenvalue weighted by molar-refractivity contribution is -0.142. The van der Waals surface area contributed by atoms with Crippen molar-refractivity contribution in [1.82, 2.24) is 4.31 Å². The number of ether oxygens (including phenoxy) is 1. The molecule has 8 heteroatoms. The number of nitrogens with zero attached hydrogens (tertiary/aromatic N) is 2. The second-order valence-electron chi connectivity index (χ2n) is 8.76. The van der Waals surface area contributed by atoms with Gasteiger partial charge in [-0.05, 0) is 58.1 Å². The highest BCUT2D eigenvalue weighted by Gasteiger charge is 2.52. The quantitative estimate of drug-likeness (QED) is 0.372. The molecular formula is C26H25ClN2O3S2. The molecule has 2 aliphatic heterocycles. The summed E-state index contributed by atoms with van der Waals surface area (Å²) in [4.78, 5) is 29.5. The Kier molecular flexibility index (Phi) is 6.46. The lowest BCUT2D eigenvalue weighted by Gasteiger charge is -2.46. The van der Waals surface area contributed by atoms with E-state index in [1.165, 1.54) is 15.6 Å². The smallest absolute Gasteiger partial charge is 0.248 e. The molecule has 5 rings (SSSR count). The highest BCUT2D eigenvalue weighted by Crippen LogP contribution is 2.48. The maximum absolute atomic E-state index is 13.7. The van der Waals surface area contributed by atoms with Crippen LogP contribution in [0.15, 0.2) is 65.4 Å². The molecule has 2 fully saturated rings. The number of halogens is 1. The number of ketones is 1. The molecule has 0 bridgehead atoms. The average Bonchev–Trinajstić information content (AvgIpc) is 3.56. The molecule has 3 atom stereocenters. The number of carbonyl (C=O) groups excluding carboxylic acids is 2. The number of Topliss-reactive ketones (excluding diaryl/α,β-unsaturated/α-hetero) is 1. The lowest BCUT2D eigenvalue weighted by Crippen LogP contribution is -2.54. The molecule has 3 aromatic rings. The molecule has 3 unspecified atom stereocenters. The van der Waals surface area contributed by atoms with Crippen LogP contribution < -0.4 is 4.90 Å². The average molecular weight is 513 g/mol. The summed E-state index contributed by atoms with van der Waals surface area (Å²) in [5.74, 6) is -1.50. The fourth-order valence-electron chi connectivity index (χ4n) is 5.11. The molecule has 3 heterocycles. The van der Waals surface area contributed by atoms with Crippen molar-refractivity contribution in [2.75, 3.05) is 25.1 Å². The summed E-state index contributed by atoms with van der Waals surface area (Å²) in [7, 11) is 1.75. The molecule has 1 amide bonds. The zero-order valence-electron chi connectivity index (χ0n) is 18.7. The van der Waals surface area contributed by atoms with Crippen molar-refractivity contribution < 1.29 is 14.3 Å². The Morgan fingerprint density at radius 3 is 2.50 bits per heavy atom. The minimum absolute atomic E-state index is 0.115. The second-order valence-corrected chi connectivity index (χ2v) is 10.3. The Hall–Kier alpha value is -2.32. The molecule has 0 aliphatic carbocycles. The number of benzene rings is 2. The molecule has 2 aliphatic rings. The number of anilines is 1. The van der Waals surface area contributed by atoms with Crippen LogP contribution in [0.25, 0.3) is 0 Å². The van der Waals surface area contributed by atoms with E-state index < -0.39 is 11.5 Å². The molecule has 2 aromatic carbocycles. The van der Waals surface area contributed by atoms with Gasteiger partial charge in [-0.2, -0.15) is 11.3 Å². The third-order valence-electron chi connectivity index (χ3n) is 6.97. The van der Waals surface area contributed by atoms with E-state index in [2.05, 4.69) is 17.0 Å². The van der Waals surface area contributed by atoms with Crippen LogP contribution in [-0.4, -0.2) is 42.3 Å². The van der Waals surface area contributed by atoms with Gasteiger partial charge in [-0.3, -0.25) is 13.9 Å². The van der Waals surface area contributed by atoms with E-state index in [0.717, 1.165) is 36.3 Å². The molecule has 0 N–H and O–H groups in total. The normalized spacial score (nSPS) is 25.3. The monoisotopic (exact) mass is 512 g/mol. The molecular weight excluding hydrogens is 488 g/mol. The Morgan fingerprint density at radius 2 is 1.85 bits per heavy atom. The van der Waals surface area contributed by atoms with Crippen molar-refractivity contribution in [3.05, 3.63) is 87.1 Å². The van der Waals surface area contributed by atoms with Gasteiger partial charge < -0.3 is 9.64 Å². The van der Waals surface area contributed by atoms with Crippen molar-refractivity contribution in [1.29, 1.82) is 0 Å². The lowest BCUT2D eigenvalue weighted by atomic mass is 9.73. The summed E-state index contributed by atoms with van der Waals surface area (Å²) >= 11 is 12.6. The SMILES string of the molecule is COC1CCN(c2ccc(C3(c4ccsc4)CC(=O)C(c4ccccc4Cl)C(=O)N3S)cc2)C1. The van der Waals surface area contributed by atoms with Gasteiger partial charge in [0.1, 0.15) is 11.5 Å². The van der Waals surface area contributed by atoms with E-state index in [9.17, 15) is 9.59 Å². The first-order valence-corrected chi connectivity index (χ1v) is 12.9. The largest absolute Gasteiger partial charge is 0.380 e. The predicted octanol–water partition coefficient (Wildman–Crippen LogP) is 5.30. The standard InChI is InChI=1S/C26H25ClN2O3S2/c1-32-20-10-12-28(15-20)19-8-6-17(7-9-19)26(18-11-13-34-16-18)14-23(30)24(25(31)29(26)33)21-4-2-3-5-22(21)27/h2-9,11,13,16,20,24,33H,10,12,14-15H2,1H3. The van der Waals surface area contributed by atoms with Crippen LogP contribution in [0.3, 0.4) is 0 Å². The molecule has 2 saturated heterocycles. The minimum atomic E-state index is -0.992. The summed E-state index contributed by atoms with van der Waals surface area (Å²) in [5, 5.41) is 4.34. The fourth-order valence-corrected chi connectivity index (χ4v) is 6.50. The van der Waals surface area contributed by atoms with Gasteiger partial charge in [-0.1, -0.05) is 54.7 Å². The Bertz CT molecular complexity index is 1200. The van der Waals surface area contributed by atoms with Crippen LogP contribution >= 0.6 is 35.8 Å². The van der Waals surface area contributed by atoms with Crippen LogP contribution in [0.5, 0.6) is 0 Å². The number of hydrogen-bond acceptors (Lipinski definition) is 6. The molecule has 176 valence electrons. The van der Waals surface area contributed by atoms with Gasteiger partial charge in [-0.15, -0.1) is 0 Å². The Morgan fingerprint density at radius 1 is 1.09 bits per heavy atom. The predicted molar refractivity (Wildman–Crippen MR) is 139 cm³/mol. The second kappa shape index (κ2) is 9.38. The van der Waals surface area contributed by atoms with Crippen molar-refractivity contribution >= 4 is 53.1 Å². The third kappa shape index (κ3) is 3.85. The summed E-state index contributed by atoms with van der Waals surface area (Å²) < 4.78 is 6.94. The zero-order chi connectivity index (χ0) is 23.9. The highest BCUT2D eigenvalue weighted by atomic mass is 35.5. The molecule has 5 nitrogen and oxygen atoms in total. The van der Waals surface area contributed by atoms with Crippen LogP contribution in [0.2, 0.25) is 5.02 Å². The van der Waals surface area contributed by atoms with Crippen molar-refractivity contribution in [3.8, 4) is 0 Å². The van der Waals surface area contributed by atoms with E-state index in [1.807, 2.05) is 29.0 Å². The van der Waals surface area contributed by atoms with Gasteiger partial charge in [0.05, 0.1) is 6.10 Å². The van der Waals surface area contributed by atoms with Gasteiger partial charge in [0.25, 0.3) is 0 Å². The Balaban J connectivity index is 1.53. The van der Waals surface area contributed by atoms with E-state index in [4.69, 9.17) is 29.2 Å². The fraction of sp³-hybridized carbons (Fsp3) is 0.308. The highest BCUT2D eigenvalue weighted by molar-refractivity contribution is 7.78. The molecule has 0 saturated carbocycles.